The summed E-state index contributed by atoms with van der Waals surface area (Å²) >= 11 is 0. The number of alkyl halides is 3. The van der Waals surface area contributed by atoms with Crippen LogP contribution in [0.5, 0.6) is 0 Å². The Kier molecular flexibility index (Phi) is 5.71. The van der Waals surface area contributed by atoms with E-state index >= 15 is 0 Å². The molecule has 0 spiro atoms. The van der Waals surface area contributed by atoms with Crippen molar-refractivity contribution in [1.29, 1.82) is 0 Å². The van der Waals surface area contributed by atoms with Gasteiger partial charge in [-0.15, -0.1) is 5.10 Å². The number of hydrogen-bond acceptors (Lipinski definition) is 5. The molecule has 1 saturated carbocycles. The quantitative estimate of drug-likeness (QED) is 0.268. The highest BCUT2D eigenvalue weighted by atomic mass is 32.2. The second-order valence-electron chi connectivity index (χ2n) is 11.0. The highest BCUT2D eigenvalue weighted by Crippen LogP contribution is 2.70. The third-order valence-electron chi connectivity index (χ3n) is 8.59. The van der Waals surface area contributed by atoms with Crippen molar-refractivity contribution in [3.05, 3.63) is 101 Å². The number of halogens is 4. The third kappa shape index (κ3) is 3.97. The molecule has 0 radical (unpaired) electrons. The maximum absolute atomic E-state index is 13.6. The van der Waals surface area contributed by atoms with Crippen molar-refractivity contribution >= 4 is 20.9 Å². The molecular formula is C29H24F4N6O2S. The highest BCUT2D eigenvalue weighted by molar-refractivity contribution is 7.89. The second-order valence-corrected chi connectivity index (χ2v) is 12.9. The molecule has 2 fully saturated rings. The molecule has 42 heavy (non-hydrogen) atoms. The number of aromatic nitrogens is 5. The summed E-state index contributed by atoms with van der Waals surface area (Å²) in [6, 6.07) is 15.1. The number of rotatable bonds is 5. The summed E-state index contributed by atoms with van der Waals surface area (Å²) < 4.78 is 84.5. The monoisotopic (exact) mass is 596 g/mol. The van der Waals surface area contributed by atoms with Crippen molar-refractivity contribution in [3.63, 3.8) is 0 Å². The zero-order chi connectivity index (χ0) is 29.6. The van der Waals surface area contributed by atoms with Crippen LogP contribution in [0.3, 0.4) is 0 Å². The predicted molar refractivity (Wildman–Crippen MR) is 145 cm³/mol. The van der Waals surface area contributed by atoms with E-state index in [1.54, 1.807) is 29.1 Å². The molecule has 2 aliphatic rings. The van der Waals surface area contributed by atoms with E-state index in [0.29, 0.717) is 11.3 Å². The molecule has 5 aromatic rings. The van der Waals surface area contributed by atoms with Crippen molar-refractivity contribution in [2.45, 2.75) is 29.5 Å². The number of fused-ring (bicyclic) bond motifs is 2. The molecule has 3 unspecified atom stereocenters. The van der Waals surface area contributed by atoms with Crippen molar-refractivity contribution in [3.8, 4) is 5.69 Å². The Hall–Kier alpha value is -4.10. The molecule has 1 aliphatic carbocycles. The number of hydrogen-bond donors (Lipinski definition) is 0. The minimum absolute atomic E-state index is 0.0793. The average Bonchev–Trinajstić information content (AvgIpc) is 3.36. The van der Waals surface area contributed by atoms with Crippen LogP contribution in [0.1, 0.15) is 28.2 Å². The number of nitrogens with zero attached hydrogens (tertiary/aromatic N) is 6. The van der Waals surface area contributed by atoms with Crippen LogP contribution in [0.25, 0.3) is 16.6 Å². The van der Waals surface area contributed by atoms with Gasteiger partial charge in [-0.2, -0.15) is 32.5 Å². The van der Waals surface area contributed by atoms with Crippen molar-refractivity contribution in [2.24, 2.45) is 13.0 Å². The molecule has 3 atom stereocenters. The Bertz CT molecular complexity index is 1970. The number of benzene rings is 3. The summed E-state index contributed by atoms with van der Waals surface area (Å²) in [6.07, 6.45) is -1.63. The second kappa shape index (κ2) is 8.95. The van der Waals surface area contributed by atoms with Gasteiger partial charge >= 0.3 is 6.18 Å². The van der Waals surface area contributed by atoms with Gasteiger partial charge in [0.25, 0.3) is 10.0 Å². The van der Waals surface area contributed by atoms with E-state index in [-0.39, 0.29) is 35.8 Å². The molecule has 2 aromatic heterocycles. The first kappa shape index (κ1) is 26.8. The van der Waals surface area contributed by atoms with Crippen LogP contribution in [0.2, 0.25) is 0 Å². The fourth-order valence-corrected chi connectivity index (χ4v) is 8.10. The zero-order valence-electron chi connectivity index (χ0n) is 22.4. The van der Waals surface area contributed by atoms with Crippen LogP contribution in [0.4, 0.5) is 17.6 Å². The fourth-order valence-electron chi connectivity index (χ4n) is 6.70. The Morgan fingerprint density at radius 3 is 2.45 bits per heavy atom. The van der Waals surface area contributed by atoms with Gasteiger partial charge in [0.1, 0.15) is 5.82 Å². The molecule has 8 nitrogen and oxygen atoms in total. The van der Waals surface area contributed by atoms with E-state index in [1.807, 2.05) is 19.1 Å². The fraction of sp³-hybridized carbons (Fsp3) is 0.276. The Morgan fingerprint density at radius 1 is 1.00 bits per heavy atom. The van der Waals surface area contributed by atoms with Gasteiger partial charge in [-0.3, -0.25) is 0 Å². The predicted octanol–water partition coefficient (Wildman–Crippen LogP) is 4.98. The molecule has 0 N–H and O–H groups in total. The van der Waals surface area contributed by atoms with Crippen LogP contribution in [0, 0.1) is 18.7 Å². The lowest BCUT2D eigenvalue weighted by Crippen LogP contribution is -2.35. The Balaban J connectivity index is 1.34. The molecule has 0 bridgehead atoms. The summed E-state index contributed by atoms with van der Waals surface area (Å²) in [5.74, 6) is -0.942. The Morgan fingerprint density at radius 2 is 1.76 bits per heavy atom. The van der Waals surface area contributed by atoms with Crippen molar-refractivity contribution < 1.29 is 26.0 Å². The summed E-state index contributed by atoms with van der Waals surface area (Å²) in [5, 5.41) is 13.0. The van der Waals surface area contributed by atoms with Gasteiger partial charge < -0.3 is 0 Å². The first-order valence-electron chi connectivity index (χ1n) is 13.2. The van der Waals surface area contributed by atoms with Crippen LogP contribution < -0.4 is 0 Å². The molecule has 7 rings (SSSR count). The standard InChI is InChI=1S/C29H24F4N6O2S/c1-17-10-25-19(13-35-39(25)22-8-6-21(30)7-9-22)12-23(17)28-16-38(42(40,41)26-14-34-37(2)36-26)15-24(28)27(28)18-4-3-5-20(11-18)29(31,32)33/h3-14,24,27H,15-16H2,1-2H3. The largest absolute Gasteiger partial charge is 0.416 e. The highest BCUT2D eigenvalue weighted by Gasteiger charge is 2.71. The molecular weight excluding hydrogens is 572 g/mol. The minimum Gasteiger partial charge on any atom is -0.233 e. The molecule has 3 heterocycles. The van der Waals surface area contributed by atoms with E-state index in [0.717, 1.165) is 28.1 Å². The molecule has 1 aliphatic heterocycles. The van der Waals surface area contributed by atoms with Crippen LogP contribution in [-0.2, 0) is 28.7 Å². The maximum atomic E-state index is 13.6. The molecule has 1 saturated heterocycles. The lowest BCUT2D eigenvalue weighted by molar-refractivity contribution is -0.137. The molecule has 3 aromatic carbocycles. The van der Waals surface area contributed by atoms with Gasteiger partial charge in [-0.25, -0.2) is 17.5 Å². The van der Waals surface area contributed by atoms with Gasteiger partial charge in [0.2, 0.25) is 5.03 Å². The zero-order valence-corrected chi connectivity index (χ0v) is 23.2. The van der Waals surface area contributed by atoms with E-state index in [1.165, 1.54) is 46.6 Å². The summed E-state index contributed by atoms with van der Waals surface area (Å²) in [4.78, 5) is 1.17. The molecule has 13 heteroatoms. The van der Waals surface area contributed by atoms with E-state index < -0.39 is 27.2 Å². The van der Waals surface area contributed by atoms with Crippen LogP contribution >= 0.6 is 0 Å². The number of aryl methyl sites for hydroxylation is 2. The molecule has 0 amide bonds. The van der Waals surface area contributed by atoms with Gasteiger partial charge in [0.05, 0.1) is 29.2 Å². The van der Waals surface area contributed by atoms with Gasteiger partial charge in [0.15, 0.2) is 0 Å². The first-order valence-corrected chi connectivity index (χ1v) is 14.6. The van der Waals surface area contributed by atoms with E-state index in [2.05, 4.69) is 15.3 Å². The third-order valence-corrected chi connectivity index (χ3v) is 10.3. The van der Waals surface area contributed by atoms with Crippen molar-refractivity contribution in [1.82, 2.24) is 29.1 Å². The first-order chi connectivity index (χ1) is 19.9. The lowest BCUT2D eigenvalue weighted by atomic mass is 9.86. The van der Waals surface area contributed by atoms with E-state index in [4.69, 9.17) is 0 Å². The summed E-state index contributed by atoms with van der Waals surface area (Å²) in [7, 11) is -2.46. The lowest BCUT2D eigenvalue weighted by Gasteiger charge is -2.25. The average molecular weight is 597 g/mol. The maximum Gasteiger partial charge on any atom is 0.416 e. The van der Waals surface area contributed by atoms with Crippen LogP contribution in [0.15, 0.2) is 78.1 Å². The topological polar surface area (TPSA) is 85.9 Å². The number of piperidine rings is 1. The van der Waals surface area contributed by atoms with Crippen LogP contribution in [-0.4, -0.2) is 50.6 Å². The van der Waals surface area contributed by atoms with E-state index in [9.17, 15) is 26.0 Å². The SMILES string of the molecule is Cc1cc2c(cnn2-c2ccc(F)cc2)cc1C12CN(S(=O)(=O)c3cnn(C)n3)CC1C2c1cccc(C(F)(F)F)c1. The molecule has 216 valence electrons. The normalized spacial score (nSPS) is 22.5. The minimum atomic E-state index is -4.50. The smallest absolute Gasteiger partial charge is 0.233 e. The van der Waals surface area contributed by atoms with Gasteiger partial charge in [-0.1, -0.05) is 18.2 Å². The van der Waals surface area contributed by atoms with Gasteiger partial charge in [-0.05, 0) is 72.0 Å². The summed E-state index contributed by atoms with van der Waals surface area (Å²) in [6.45, 7) is 2.12. The Labute approximate surface area is 238 Å². The summed E-state index contributed by atoms with van der Waals surface area (Å²) in [5.41, 5.74) is 2.18. The number of sulfonamides is 1. The van der Waals surface area contributed by atoms with Crippen molar-refractivity contribution in [2.75, 3.05) is 13.1 Å². The van der Waals surface area contributed by atoms with Gasteiger partial charge in [0, 0.05) is 36.9 Å².